The molecule has 2 rings (SSSR count). The molecule has 0 bridgehead atoms. The Morgan fingerprint density at radius 2 is 1.53 bits per heavy atom. The van der Waals surface area contributed by atoms with Gasteiger partial charge >= 0.3 is 0 Å². The van der Waals surface area contributed by atoms with Crippen molar-refractivity contribution in [3.8, 4) is 11.1 Å². The highest BCUT2D eigenvalue weighted by Crippen LogP contribution is 2.26. The van der Waals surface area contributed by atoms with Gasteiger partial charge < -0.3 is 5.32 Å². The maximum Gasteiger partial charge on any atom is 0.138 e. The number of hydrogen-bond donors (Lipinski definition) is 1. The molecule has 0 unspecified atom stereocenters. The Morgan fingerprint density at radius 1 is 0.867 bits per heavy atom. The average molecular weight is 212 g/mol. The number of thiocarbonyl (C=S) groups is 1. The maximum atomic E-state index is 4.68. The fourth-order valence-corrected chi connectivity index (χ4v) is 1.63. The summed E-state index contributed by atoms with van der Waals surface area (Å²) in [5, 5.41) is 2.94. The Balaban J connectivity index is 2.48. The number of benzene rings is 2. The summed E-state index contributed by atoms with van der Waals surface area (Å²) in [6, 6.07) is 18.2. The van der Waals surface area contributed by atoms with Crippen molar-refractivity contribution < 1.29 is 0 Å². The zero-order valence-electron chi connectivity index (χ0n) is 8.10. The van der Waals surface area contributed by atoms with E-state index in [1.54, 1.807) is 0 Å². The van der Waals surface area contributed by atoms with Crippen LogP contribution in [0.3, 0.4) is 0 Å². The molecule has 0 aliphatic carbocycles. The summed E-state index contributed by atoms with van der Waals surface area (Å²) in [6.07, 6.45) is 0. The van der Waals surface area contributed by atoms with E-state index in [4.69, 9.17) is 0 Å². The number of nitrogens with one attached hydrogen (secondary N) is 1. The van der Waals surface area contributed by atoms with Gasteiger partial charge in [0.2, 0.25) is 0 Å². The second-order valence-electron chi connectivity index (χ2n) is 3.14. The van der Waals surface area contributed by atoms with E-state index in [2.05, 4.69) is 41.2 Å². The molecule has 0 aliphatic heterocycles. The van der Waals surface area contributed by atoms with Gasteiger partial charge in [-0.15, -0.1) is 0 Å². The van der Waals surface area contributed by atoms with Gasteiger partial charge in [0.05, 0.1) is 0 Å². The van der Waals surface area contributed by atoms with E-state index < -0.39 is 0 Å². The Morgan fingerprint density at radius 3 is 2.27 bits per heavy atom. The van der Waals surface area contributed by atoms with Crippen molar-refractivity contribution in [2.45, 2.75) is 0 Å². The third-order valence-electron chi connectivity index (χ3n) is 2.20. The molecule has 2 aromatic carbocycles. The number of rotatable bonds is 3. The van der Waals surface area contributed by atoms with Crippen LogP contribution in [0, 0.1) is 0 Å². The monoisotopic (exact) mass is 212 g/mol. The van der Waals surface area contributed by atoms with Crippen molar-refractivity contribution >= 4 is 23.4 Å². The molecule has 0 fully saturated rings. The standard InChI is InChI=1S/C13H10NS/c15-10-14-13-9-5-4-8-12(13)11-6-2-1-3-7-11/h1-9H,(H,14,15). The molecule has 73 valence electrons. The maximum absolute atomic E-state index is 4.68. The predicted octanol–water partition coefficient (Wildman–Crippen LogP) is 3.60. The highest BCUT2D eigenvalue weighted by molar-refractivity contribution is 7.79. The first-order chi connectivity index (χ1) is 7.42. The lowest BCUT2D eigenvalue weighted by Gasteiger charge is -2.07. The Kier molecular flexibility index (Phi) is 3.10. The summed E-state index contributed by atoms with van der Waals surface area (Å²) in [7, 11) is 0. The molecular formula is C13H10NS. The minimum atomic E-state index is 0.985. The molecule has 0 saturated heterocycles. The first kappa shape index (κ1) is 9.87. The van der Waals surface area contributed by atoms with Crippen LogP contribution >= 0.6 is 12.2 Å². The normalized spacial score (nSPS) is 9.60. The molecule has 2 aromatic rings. The van der Waals surface area contributed by atoms with Gasteiger partial charge in [0.15, 0.2) is 0 Å². The summed E-state index contributed by atoms with van der Waals surface area (Å²) in [4.78, 5) is 0. The lowest BCUT2D eigenvalue weighted by atomic mass is 10.0. The van der Waals surface area contributed by atoms with E-state index in [1.807, 2.05) is 36.4 Å². The van der Waals surface area contributed by atoms with Crippen LogP contribution in [0.4, 0.5) is 5.69 Å². The first-order valence-electron chi connectivity index (χ1n) is 4.69. The smallest absolute Gasteiger partial charge is 0.138 e. The minimum Gasteiger partial charge on any atom is -0.344 e. The molecule has 0 saturated carbocycles. The van der Waals surface area contributed by atoms with Crippen LogP contribution in [-0.2, 0) is 0 Å². The summed E-state index contributed by atoms with van der Waals surface area (Å²) >= 11 is 4.68. The van der Waals surface area contributed by atoms with Crippen molar-refractivity contribution in [2.75, 3.05) is 5.32 Å². The van der Waals surface area contributed by atoms with Gasteiger partial charge in [-0.25, -0.2) is 0 Å². The summed E-state index contributed by atoms with van der Waals surface area (Å²) in [5.74, 6) is 0. The third kappa shape index (κ3) is 2.22. The third-order valence-corrected chi connectivity index (χ3v) is 2.30. The molecule has 0 aromatic heterocycles. The van der Waals surface area contributed by atoms with Crippen LogP contribution in [0.2, 0.25) is 0 Å². The van der Waals surface area contributed by atoms with Gasteiger partial charge in [0.25, 0.3) is 0 Å². The van der Waals surface area contributed by atoms with Crippen LogP contribution in [0.1, 0.15) is 0 Å². The van der Waals surface area contributed by atoms with Crippen LogP contribution in [-0.4, -0.2) is 5.49 Å². The second kappa shape index (κ2) is 4.71. The van der Waals surface area contributed by atoms with E-state index in [0.29, 0.717) is 0 Å². The van der Waals surface area contributed by atoms with Crippen molar-refractivity contribution in [2.24, 2.45) is 0 Å². The molecular weight excluding hydrogens is 202 g/mol. The Hall–Kier alpha value is -1.67. The summed E-state index contributed by atoms with van der Waals surface area (Å²) < 4.78 is 0. The molecule has 0 aliphatic rings. The second-order valence-corrected chi connectivity index (χ2v) is 3.34. The molecule has 1 nitrogen and oxygen atoms in total. The number of anilines is 1. The van der Waals surface area contributed by atoms with Crippen LogP contribution in [0.15, 0.2) is 54.6 Å². The quantitative estimate of drug-likeness (QED) is 0.616. The molecule has 0 spiro atoms. The summed E-state index contributed by atoms with van der Waals surface area (Å²) in [6.45, 7) is 0. The molecule has 1 N–H and O–H groups in total. The fraction of sp³-hybridized carbons (Fsp3) is 0. The van der Waals surface area contributed by atoms with Gasteiger partial charge in [-0.2, -0.15) is 0 Å². The van der Waals surface area contributed by atoms with E-state index >= 15 is 0 Å². The average Bonchev–Trinajstić information content (AvgIpc) is 2.31. The molecule has 1 radical (unpaired) electrons. The number of para-hydroxylation sites is 1. The van der Waals surface area contributed by atoms with Crippen molar-refractivity contribution in [3.05, 3.63) is 54.6 Å². The summed E-state index contributed by atoms with van der Waals surface area (Å²) in [5.41, 5.74) is 5.82. The van der Waals surface area contributed by atoms with Crippen molar-refractivity contribution in [1.29, 1.82) is 0 Å². The Bertz CT molecular complexity index is 451. The van der Waals surface area contributed by atoms with E-state index in [0.717, 1.165) is 11.3 Å². The van der Waals surface area contributed by atoms with E-state index in [9.17, 15) is 0 Å². The molecule has 15 heavy (non-hydrogen) atoms. The van der Waals surface area contributed by atoms with Crippen molar-refractivity contribution in [1.82, 2.24) is 0 Å². The highest BCUT2D eigenvalue weighted by Gasteiger charge is 2.01. The van der Waals surface area contributed by atoms with Gasteiger partial charge in [0, 0.05) is 11.3 Å². The SMILES string of the molecule is S=[C]Nc1ccccc1-c1ccccc1. The molecule has 2 heteroatoms. The molecule has 0 heterocycles. The molecule has 0 atom stereocenters. The number of hydrogen-bond acceptors (Lipinski definition) is 1. The minimum absolute atomic E-state index is 0.985. The van der Waals surface area contributed by atoms with Crippen LogP contribution in [0.5, 0.6) is 0 Å². The Labute approximate surface area is 94.8 Å². The lowest BCUT2D eigenvalue weighted by Crippen LogP contribution is -1.94. The zero-order valence-corrected chi connectivity index (χ0v) is 8.92. The van der Waals surface area contributed by atoms with Gasteiger partial charge in [-0.05, 0) is 11.6 Å². The van der Waals surface area contributed by atoms with Crippen LogP contribution in [0.25, 0.3) is 11.1 Å². The first-order valence-corrected chi connectivity index (χ1v) is 5.10. The lowest BCUT2D eigenvalue weighted by molar-refractivity contribution is 1.60. The molecule has 0 amide bonds. The van der Waals surface area contributed by atoms with Gasteiger partial charge in [-0.3, -0.25) is 0 Å². The topological polar surface area (TPSA) is 12.0 Å². The highest BCUT2D eigenvalue weighted by atomic mass is 32.1. The zero-order chi connectivity index (χ0) is 10.5. The van der Waals surface area contributed by atoms with Gasteiger partial charge in [0.1, 0.15) is 5.49 Å². The van der Waals surface area contributed by atoms with Crippen LogP contribution < -0.4 is 5.32 Å². The van der Waals surface area contributed by atoms with E-state index in [1.165, 1.54) is 5.56 Å². The fourth-order valence-electron chi connectivity index (χ4n) is 1.52. The predicted molar refractivity (Wildman–Crippen MR) is 68.1 cm³/mol. The van der Waals surface area contributed by atoms with Crippen molar-refractivity contribution in [3.63, 3.8) is 0 Å². The van der Waals surface area contributed by atoms with E-state index in [-0.39, 0.29) is 0 Å². The largest absolute Gasteiger partial charge is 0.344 e. The van der Waals surface area contributed by atoms with Gasteiger partial charge in [-0.1, -0.05) is 60.7 Å².